The number of anilines is 1. The Kier molecular flexibility index (Phi) is 11.8. The molecule has 8 nitrogen and oxygen atoms in total. The van der Waals surface area contributed by atoms with E-state index in [0.717, 1.165) is 46.3 Å². The normalized spacial score (nSPS) is 12.3. The van der Waals surface area contributed by atoms with Crippen molar-refractivity contribution in [3.8, 4) is 5.75 Å². The zero-order valence-electron chi connectivity index (χ0n) is 29.3. The Morgan fingerprint density at radius 3 is 2.08 bits per heavy atom. The first-order valence-corrected chi connectivity index (χ1v) is 19.3. The number of hydrogen-bond donors (Lipinski definition) is 1. The number of aryl methyl sites for hydroxylation is 1. The maximum atomic E-state index is 12.9. The molecule has 0 amide bonds. The molecule has 264 valence electrons. The largest absolute Gasteiger partial charge is 0.492 e. The second kappa shape index (κ2) is 16.8. The monoisotopic (exact) mass is 702 g/mol. The van der Waals surface area contributed by atoms with Gasteiger partial charge in [-0.3, -0.25) is 13.9 Å². The smallest absolute Gasteiger partial charge is 0.232 e. The molecule has 0 bridgehead atoms. The van der Waals surface area contributed by atoms with Crippen molar-refractivity contribution in [2.24, 2.45) is 0 Å². The van der Waals surface area contributed by atoms with Crippen LogP contribution in [0.3, 0.4) is 0 Å². The number of fused-ring (bicyclic) bond motifs is 1. The van der Waals surface area contributed by atoms with Crippen molar-refractivity contribution in [3.63, 3.8) is 0 Å². The summed E-state index contributed by atoms with van der Waals surface area (Å²) >= 11 is 0. The number of ether oxygens (including phenoxy) is 1. The van der Waals surface area contributed by atoms with E-state index in [1.54, 1.807) is 18.2 Å². The van der Waals surface area contributed by atoms with Gasteiger partial charge in [0.25, 0.3) is 0 Å². The highest BCUT2D eigenvalue weighted by Gasteiger charge is 2.21. The summed E-state index contributed by atoms with van der Waals surface area (Å²) in [5.41, 5.74) is 6.50. The van der Waals surface area contributed by atoms with Crippen molar-refractivity contribution in [1.29, 1.82) is 0 Å². The van der Waals surface area contributed by atoms with E-state index in [-0.39, 0.29) is 6.54 Å². The summed E-state index contributed by atoms with van der Waals surface area (Å²) in [5, 5.41) is 17.7. The van der Waals surface area contributed by atoms with Crippen LogP contribution < -0.4 is 9.04 Å². The van der Waals surface area contributed by atoms with Gasteiger partial charge in [-0.15, -0.1) is 0 Å². The Morgan fingerprint density at radius 1 is 0.784 bits per heavy atom. The van der Waals surface area contributed by atoms with Gasteiger partial charge >= 0.3 is 0 Å². The van der Waals surface area contributed by atoms with Crippen LogP contribution in [-0.4, -0.2) is 54.2 Å². The van der Waals surface area contributed by atoms with Crippen LogP contribution in [0.5, 0.6) is 5.75 Å². The van der Waals surface area contributed by atoms with Crippen LogP contribution in [0.2, 0.25) is 0 Å². The molecular weight excluding hydrogens is 657 g/mol. The second-order valence-electron chi connectivity index (χ2n) is 13.0. The molecule has 6 rings (SSSR count). The van der Waals surface area contributed by atoms with Gasteiger partial charge in [0.1, 0.15) is 12.4 Å². The molecule has 0 aliphatic heterocycles. The van der Waals surface area contributed by atoms with Crippen molar-refractivity contribution in [2.45, 2.75) is 45.5 Å². The van der Waals surface area contributed by atoms with E-state index in [9.17, 15) is 13.5 Å². The highest BCUT2D eigenvalue weighted by molar-refractivity contribution is 7.92. The molecule has 0 radical (unpaired) electrons. The summed E-state index contributed by atoms with van der Waals surface area (Å²) in [6.07, 6.45) is 2.29. The third kappa shape index (κ3) is 9.64. The van der Waals surface area contributed by atoms with Gasteiger partial charge in [0.05, 0.1) is 42.3 Å². The summed E-state index contributed by atoms with van der Waals surface area (Å²) in [5.74, 6) is 0.770. The molecule has 0 aliphatic rings. The van der Waals surface area contributed by atoms with Crippen LogP contribution in [0.1, 0.15) is 47.4 Å². The van der Waals surface area contributed by atoms with E-state index in [0.29, 0.717) is 44.0 Å². The summed E-state index contributed by atoms with van der Waals surface area (Å²) in [6.45, 7) is 5.00. The standard InChI is InChI=1S/C42H46N4O4S/c1-3-14-40-39-24-23-38(28-41(39)45(43-40)30-34-17-9-5-10-18-34)50-26-25-44(29-33-15-7-4-8-16-33)32-42(47)36-21-13-22-37(27-36)46(51(2,48)49)31-35-19-11-6-12-20-35/h4-13,15-24,27-28,42,47H,3,14,25-26,29-32H2,1-2H3/t42-/m0/s1. The minimum atomic E-state index is -3.58. The Hall–Kier alpha value is -4.96. The molecule has 9 heteroatoms. The van der Waals surface area contributed by atoms with Crippen molar-refractivity contribution in [2.75, 3.05) is 30.3 Å². The highest BCUT2D eigenvalue weighted by Crippen LogP contribution is 2.27. The maximum absolute atomic E-state index is 12.9. The van der Waals surface area contributed by atoms with Crippen LogP contribution in [-0.2, 0) is 36.1 Å². The number of hydrogen-bond acceptors (Lipinski definition) is 6. The first kappa shape index (κ1) is 35.9. The maximum Gasteiger partial charge on any atom is 0.232 e. The van der Waals surface area contributed by atoms with Crippen molar-refractivity contribution < 1.29 is 18.3 Å². The first-order chi connectivity index (χ1) is 24.8. The highest BCUT2D eigenvalue weighted by atomic mass is 32.2. The van der Waals surface area contributed by atoms with E-state index in [2.05, 4.69) is 52.9 Å². The van der Waals surface area contributed by atoms with E-state index < -0.39 is 16.1 Å². The Morgan fingerprint density at radius 2 is 1.43 bits per heavy atom. The minimum Gasteiger partial charge on any atom is -0.492 e. The molecule has 1 aromatic heterocycles. The van der Waals surface area contributed by atoms with Gasteiger partial charge in [0.2, 0.25) is 10.0 Å². The molecular formula is C42H46N4O4S. The Balaban J connectivity index is 1.18. The number of nitrogens with zero attached hydrogens (tertiary/aromatic N) is 4. The summed E-state index contributed by atoms with van der Waals surface area (Å²) in [4.78, 5) is 2.17. The number of aliphatic hydroxyl groups is 1. The zero-order valence-corrected chi connectivity index (χ0v) is 30.1. The molecule has 0 unspecified atom stereocenters. The fourth-order valence-electron chi connectivity index (χ4n) is 6.37. The number of rotatable bonds is 17. The molecule has 0 spiro atoms. The molecule has 0 aliphatic carbocycles. The van der Waals surface area contributed by atoms with E-state index in [1.807, 2.05) is 78.9 Å². The van der Waals surface area contributed by atoms with Gasteiger partial charge in [0.15, 0.2) is 0 Å². The van der Waals surface area contributed by atoms with E-state index >= 15 is 0 Å². The number of sulfonamides is 1. The first-order valence-electron chi connectivity index (χ1n) is 17.5. The van der Waals surface area contributed by atoms with Gasteiger partial charge in [-0.2, -0.15) is 5.10 Å². The lowest BCUT2D eigenvalue weighted by molar-refractivity contribution is 0.0986. The molecule has 6 aromatic rings. The summed E-state index contributed by atoms with van der Waals surface area (Å²) in [7, 11) is -3.58. The number of aromatic nitrogens is 2. The van der Waals surface area contributed by atoms with Gasteiger partial charge in [-0.05, 0) is 52.9 Å². The van der Waals surface area contributed by atoms with E-state index in [1.165, 1.54) is 16.1 Å². The third-order valence-corrected chi connectivity index (χ3v) is 10.1. The quantitative estimate of drug-likeness (QED) is 0.105. The van der Waals surface area contributed by atoms with Crippen molar-refractivity contribution >= 4 is 26.6 Å². The fourth-order valence-corrected chi connectivity index (χ4v) is 7.25. The molecule has 51 heavy (non-hydrogen) atoms. The average molecular weight is 703 g/mol. The minimum absolute atomic E-state index is 0.204. The SMILES string of the molecule is CCCc1nn(Cc2ccccc2)c2cc(OCCN(Cc3ccccc3)C[C@H](O)c3cccc(N(Cc4ccccc4)S(C)(=O)=O)c3)ccc12. The van der Waals surface area contributed by atoms with Gasteiger partial charge in [-0.25, -0.2) is 8.42 Å². The molecule has 1 N–H and O–H groups in total. The van der Waals surface area contributed by atoms with Crippen LogP contribution in [0.15, 0.2) is 133 Å². The lowest BCUT2D eigenvalue weighted by atomic mass is 10.1. The fraction of sp³-hybridized carbons (Fsp3) is 0.262. The Bertz CT molecular complexity index is 2110. The van der Waals surface area contributed by atoms with Crippen LogP contribution >= 0.6 is 0 Å². The lowest BCUT2D eigenvalue weighted by Gasteiger charge is -2.27. The Labute approximate surface area is 301 Å². The molecule has 0 saturated carbocycles. The van der Waals surface area contributed by atoms with Crippen molar-refractivity contribution in [1.82, 2.24) is 14.7 Å². The molecule has 1 heterocycles. The average Bonchev–Trinajstić information content (AvgIpc) is 3.47. The van der Waals surface area contributed by atoms with Crippen molar-refractivity contribution in [3.05, 3.63) is 161 Å². The third-order valence-electron chi connectivity index (χ3n) is 8.93. The van der Waals surface area contributed by atoms with Crippen LogP contribution in [0.25, 0.3) is 10.9 Å². The number of benzene rings is 5. The predicted molar refractivity (Wildman–Crippen MR) is 205 cm³/mol. The van der Waals surface area contributed by atoms with Crippen LogP contribution in [0.4, 0.5) is 5.69 Å². The van der Waals surface area contributed by atoms with Gasteiger partial charge < -0.3 is 9.84 Å². The van der Waals surface area contributed by atoms with Gasteiger partial charge in [0, 0.05) is 31.1 Å². The van der Waals surface area contributed by atoms with Crippen LogP contribution in [0, 0.1) is 0 Å². The summed E-state index contributed by atoms with van der Waals surface area (Å²) < 4.78 is 35.5. The molecule has 0 saturated heterocycles. The second-order valence-corrected chi connectivity index (χ2v) is 14.9. The lowest BCUT2D eigenvalue weighted by Crippen LogP contribution is -2.32. The topological polar surface area (TPSA) is 87.9 Å². The zero-order chi connectivity index (χ0) is 35.6. The molecule has 5 aromatic carbocycles. The van der Waals surface area contributed by atoms with Gasteiger partial charge in [-0.1, -0.05) is 116 Å². The van der Waals surface area contributed by atoms with E-state index in [4.69, 9.17) is 9.84 Å². The number of aliphatic hydroxyl groups excluding tert-OH is 1. The molecule has 1 atom stereocenters. The molecule has 0 fully saturated rings. The summed E-state index contributed by atoms with van der Waals surface area (Å²) in [6, 6.07) is 43.4. The predicted octanol–water partition coefficient (Wildman–Crippen LogP) is 7.62.